The fourth-order valence-electron chi connectivity index (χ4n) is 0.929. The van der Waals surface area contributed by atoms with Gasteiger partial charge < -0.3 is 10.1 Å². The third kappa shape index (κ3) is 2.68. The van der Waals surface area contributed by atoms with Crippen LogP contribution in [0.3, 0.4) is 0 Å². The summed E-state index contributed by atoms with van der Waals surface area (Å²) in [6.07, 6.45) is -0.460. The number of amides is 1. The number of tetrazole rings is 1. The second-order valence-corrected chi connectivity index (χ2v) is 2.48. The maximum absolute atomic E-state index is 10.9. The minimum absolute atomic E-state index is 0.277. The van der Waals surface area contributed by atoms with Gasteiger partial charge in [-0.15, -0.1) is 5.10 Å². The average molecular weight is 199 g/mol. The van der Waals surface area contributed by atoms with Crippen LogP contribution in [0.1, 0.15) is 19.7 Å². The monoisotopic (exact) mass is 199 g/mol. The summed E-state index contributed by atoms with van der Waals surface area (Å²) in [6, 6.07) is 0. The topological polar surface area (TPSA) is 81.9 Å². The van der Waals surface area contributed by atoms with Crippen molar-refractivity contribution in [2.24, 2.45) is 0 Å². The Bertz CT molecular complexity index is 298. The quantitative estimate of drug-likeness (QED) is 0.734. The summed E-state index contributed by atoms with van der Waals surface area (Å²) in [6.45, 7) is 4.97. The van der Waals surface area contributed by atoms with E-state index in [0.717, 1.165) is 0 Å². The Morgan fingerprint density at radius 1 is 1.57 bits per heavy atom. The Hall–Kier alpha value is -1.66. The third-order valence-corrected chi connectivity index (χ3v) is 1.57. The third-order valence-electron chi connectivity index (χ3n) is 1.57. The molecular formula is C7H13N5O2. The number of alkyl carbamates (subject to hydrolysis) is 1. The largest absolute Gasteiger partial charge is 0.450 e. The SMILES string of the molecule is CCOC(=O)NCc1nnnn1CC. The molecule has 1 aromatic heterocycles. The molecule has 1 N–H and O–H groups in total. The summed E-state index contributed by atoms with van der Waals surface area (Å²) in [5.74, 6) is 0.612. The number of carbonyl (C=O) groups excluding carboxylic acids is 1. The zero-order chi connectivity index (χ0) is 10.4. The molecule has 1 heterocycles. The number of rotatable bonds is 4. The van der Waals surface area contributed by atoms with E-state index in [-0.39, 0.29) is 6.54 Å². The van der Waals surface area contributed by atoms with Crippen molar-refractivity contribution < 1.29 is 9.53 Å². The molecular weight excluding hydrogens is 186 g/mol. The van der Waals surface area contributed by atoms with E-state index in [1.807, 2.05) is 6.92 Å². The van der Waals surface area contributed by atoms with Crippen molar-refractivity contribution in [2.45, 2.75) is 26.9 Å². The lowest BCUT2D eigenvalue weighted by Crippen LogP contribution is -2.25. The number of nitrogens with one attached hydrogen (secondary N) is 1. The number of aromatic nitrogens is 4. The standard InChI is InChI=1S/C7H13N5O2/c1-3-12-6(9-10-11-12)5-8-7(13)14-4-2/h3-5H2,1-2H3,(H,8,13). The zero-order valence-electron chi connectivity index (χ0n) is 8.23. The first-order valence-corrected chi connectivity index (χ1v) is 4.43. The number of nitrogens with zero attached hydrogens (tertiary/aromatic N) is 4. The van der Waals surface area contributed by atoms with E-state index >= 15 is 0 Å². The molecule has 0 radical (unpaired) electrons. The lowest BCUT2D eigenvalue weighted by Gasteiger charge is -2.04. The van der Waals surface area contributed by atoms with Gasteiger partial charge in [-0.2, -0.15) is 0 Å². The molecule has 0 saturated carbocycles. The van der Waals surface area contributed by atoms with E-state index in [0.29, 0.717) is 19.0 Å². The highest BCUT2D eigenvalue weighted by Gasteiger charge is 2.06. The molecule has 0 spiro atoms. The van der Waals surface area contributed by atoms with Crippen molar-refractivity contribution in [2.75, 3.05) is 6.61 Å². The molecule has 0 fully saturated rings. The molecule has 7 nitrogen and oxygen atoms in total. The van der Waals surface area contributed by atoms with Gasteiger partial charge in [-0.3, -0.25) is 0 Å². The van der Waals surface area contributed by atoms with Gasteiger partial charge in [0.25, 0.3) is 0 Å². The number of hydrogen-bond acceptors (Lipinski definition) is 5. The minimum atomic E-state index is -0.460. The van der Waals surface area contributed by atoms with Crippen LogP contribution in [0.15, 0.2) is 0 Å². The lowest BCUT2D eigenvalue weighted by atomic mass is 10.5. The van der Waals surface area contributed by atoms with Gasteiger partial charge >= 0.3 is 6.09 Å². The smallest absolute Gasteiger partial charge is 0.407 e. The van der Waals surface area contributed by atoms with Crippen molar-refractivity contribution in [1.29, 1.82) is 0 Å². The van der Waals surface area contributed by atoms with Gasteiger partial charge in [0, 0.05) is 6.54 Å². The highest BCUT2D eigenvalue weighted by Crippen LogP contribution is 1.91. The molecule has 0 aliphatic carbocycles. The fourth-order valence-corrected chi connectivity index (χ4v) is 0.929. The van der Waals surface area contributed by atoms with Crippen LogP contribution in [0.2, 0.25) is 0 Å². The fraction of sp³-hybridized carbons (Fsp3) is 0.714. The van der Waals surface area contributed by atoms with Crippen LogP contribution in [-0.2, 0) is 17.8 Å². The highest BCUT2D eigenvalue weighted by atomic mass is 16.5. The Kier molecular flexibility index (Phi) is 3.84. The van der Waals surface area contributed by atoms with Crippen molar-refractivity contribution in [3.63, 3.8) is 0 Å². The first-order chi connectivity index (χ1) is 6.77. The Balaban J connectivity index is 2.41. The van der Waals surface area contributed by atoms with E-state index in [1.54, 1.807) is 11.6 Å². The van der Waals surface area contributed by atoms with Crippen molar-refractivity contribution in [3.05, 3.63) is 5.82 Å². The maximum atomic E-state index is 10.9. The highest BCUT2D eigenvalue weighted by molar-refractivity contribution is 5.66. The minimum Gasteiger partial charge on any atom is -0.450 e. The summed E-state index contributed by atoms with van der Waals surface area (Å²) >= 11 is 0. The molecule has 0 saturated heterocycles. The van der Waals surface area contributed by atoms with Gasteiger partial charge in [-0.1, -0.05) is 0 Å². The molecule has 0 bridgehead atoms. The summed E-state index contributed by atoms with van der Waals surface area (Å²) in [5, 5.41) is 13.5. The maximum Gasteiger partial charge on any atom is 0.407 e. The van der Waals surface area contributed by atoms with Gasteiger partial charge in [-0.05, 0) is 24.3 Å². The zero-order valence-corrected chi connectivity index (χ0v) is 8.23. The second kappa shape index (κ2) is 5.15. The van der Waals surface area contributed by atoms with Gasteiger partial charge in [0.1, 0.15) is 0 Å². The summed E-state index contributed by atoms with van der Waals surface area (Å²) in [4.78, 5) is 10.9. The molecule has 7 heteroatoms. The second-order valence-electron chi connectivity index (χ2n) is 2.48. The molecule has 78 valence electrons. The number of ether oxygens (including phenoxy) is 1. The molecule has 1 rings (SSSR count). The van der Waals surface area contributed by atoms with Crippen molar-refractivity contribution in [1.82, 2.24) is 25.5 Å². The molecule has 0 aliphatic heterocycles. The Labute approximate surface area is 81.4 Å². The van der Waals surface area contributed by atoms with Crippen molar-refractivity contribution in [3.8, 4) is 0 Å². The molecule has 0 aromatic carbocycles. The van der Waals surface area contributed by atoms with E-state index in [1.165, 1.54) is 0 Å². The van der Waals surface area contributed by atoms with Crippen LogP contribution in [0.4, 0.5) is 4.79 Å². The summed E-state index contributed by atoms with van der Waals surface area (Å²) < 4.78 is 6.29. The number of hydrogen-bond donors (Lipinski definition) is 1. The molecule has 14 heavy (non-hydrogen) atoms. The van der Waals surface area contributed by atoms with Gasteiger partial charge in [0.15, 0.2) is 5.82 Å². The van der Waals surface area contributed by atoms with Gasteiger partial charge in [-0.25, -0.2) is 9.48 Å². The normalized spacial score (nSPS) is 9.86. The average Bonchev–Trinajstić information content (AvgIpc) is 2.62. The molecule has 0 aliphatic rings. The van der Waals surface area contributed by atoms with Gasteiger partial charge in [0.2, 0.25) is 0 Å². The Morgan fingerprint density at radius 2 is 2.36 bits per heavy atom. The lowest BCUT2D eigenvalue weighted by molar-refractivity contribution is 0.151. The first kappa shape index (κ1) is 10.4. The van der Waals surface area contributed by atoms with Gasteiger partial charge in [0.05, 0.1) is 13.2 Å². The van der Waals surface area contributed by atoms with E-state index in [9.17, 15) is 4.79 Å². The van der Waals surface area contributed by atoms with E-state index < -0.39 is 6.09 Å². The Morgan fingerprint density at radius 3 is 3.00 bits per heavy atom. The van der Waals surface area contributed by atoms with Crippen LogP contribution in [-0.4, -0.2) is 32.9 Å². The molecule has 0 atom stereocenters. The molecule has 1 aromatic rings. The van der Waals surface area contributed by atoms with Crippen molar-refractivity contribution >= 4 is 6.09 Å². The predicted octanol–water partition coefficient (Wildman–Crippen LogP) is -0.0609. The summed E-state index contributed by atoms with van der Waals surface area (Å²) in [7, 11) is 0. The summed E-state index contributed by atoms with van der Waals surface area (Å²) in [5.41, 5.74) is 0. The van der Waals surface area contributed by atoms with Crippen LogP contribution in [0.25, 0.3) is 0 Å². The predicted molar refractivity (Wildman–Crippen MR) is 47.4 cm³/mol. The van der Waals surface area contributed by atoms with Crippen LogP contribution in [0.5, 0.6) is 0 Å². The van der Waals surface area contributed by atoms with E-state index in [2.05, 4.69) is 25.6 Å². The number of carbonyl (C=O) groups is 1. The number of aryl methyl sites for hydroxylation is 1. The van der Waals surface area contributed by atoms with Crippen LogP contribution >= 0.6 is 0 Å². The van der Waals surface area contributed by atoms with Crippen LogP contribution < -0.4 is 5.32 Å². The molecule has 0 unspecified atom stereocenters. The molecule has 1 amide bonds. The van der Waals surface area contributed by atoms with Crippen LogP contribution in [0, 0.1) is 0 Å². The van der Waals surface area contributed by atoms with E-state index in [4.69, 9.17) is 0 Å². The first-order valence-electron chi connectivity index (χ1n) is 4.43.